The first kappa shape index (κ1) is 22.5. The van der Waals surface area contributed by atoms with Gasteiger partial charge in [0, 0.05) is 56.3 Å². The fourth-order valence-corrected chi connectivity index (χ4v) is 5.34. The lowest BCUT2D eigenvalue weighted by atomic mass is 10.1. The molecule has 1 aliphatic carbocycles. The maximum absolute atomic E-state index is 15.2. The molecular weight excluding hydrogens is 485 g/mol. The zero-order chi connectivity index (χ0) is 25.3. The van der Waals surface area contributed by atoms with Crippen LogP contribution in [0.1, 0.15) is 18.4 Å². The van der Waals surface area contributed by atoms with Crippen LogP contribution in [0.25, 0.3) is 27.8 Å². The third-order valence-electron chi connectivity index (χ3n) is 6.85. The van der Waals surface area contributed by atoms with Gasteiger partial charge in [0.05, 0.1) is 41.0 Å². The smallest absolute Gasteiger partial charge is 0.229 e. The van der Waals surface area contributed by atoms with Gasteiger partial charge < -0.3 is 14.6 Å². The van der Waals surface area contributed by atoms with Crippen LogP contribution in [0.2, 0.25) is 5.02 Å². The summed E-state index contributed by atoms with van der Waals surface area (Å²) < 4.78 is 18.7. The van der Waals surface area contributed by atoms with Crippen LogP contribution in [0, 0.1) is 17.7 Å². The number of fused-ring (bicyclic) bond motifs is 2. The Balaban J connectivity index is 1.31. The molecule has 1 saturated carbocycles. The second-order valence-corrected chi connectivity index (χ2v) is 9.79. The highest BCUT2D eigenvalue weighted by Gasteiger charge is 2.53. The Morgan fingerprint density at radius 2 is 2.03 bits per heavy atom. The van der Waals surface area contributed by atoms with Gasteiger partial charge in [-0.1, -0.05) is 18.5 Å². The minimum atomic E-state index is -0.560. The third-order valence-corrected chi connectivity index (χ3v) is 7.21. The predicted octanol–water partition coefficient (Wildman–Crippen LogP) is 3.85. The van der Waals surface area contributed by atoms with Crippen molar-refractivity contribution in [2.45, 2.75) is 12.8 Å². The molecule has 0 aliphatic heterocycles. The molecule has 0 radical (unpaired) electrons. The molecule has 0 bridgehead atoms. The Morgan fingerprint density at radius 3 is 2.75 bits per heavy atom. The summed E-state index contributed by atoms with van der Waals surface area (Å²) in [6, 6.07) is 0. The standard InChI is InChI=1S/C24H23ClFN9O/c1-11-17(12-5-29-34(4)8-12)18(11)24(36)31-15-10-35-9-14(27-7-16(35)30-15)19-13-6-28-32-22(13)23(33(2)3)21(26)20(19)25/h5-11,17-18H,1-4H3,(H,28,32)(H,31,36)/t11-,17+,18-/m0/s1. The van der Waals surface area contributed by atoms with Crippen molar-refractivity contribution in [1.82, 2.24) is 34.3 Å². The highest BCUT2D eigenvalue weighted by atomic mass is 35.5. The van der Waals surface area contributed by atoms with Gasteiger partial charge in [-0.05, 0) is 11.5 Å². The van der Waals surface area contributed by atoms with E-state index in [2.05, 4.69) is 37.5 Å². The van der Waals surface area contributed by atoms with E-state index in [9.17, 15) is 4.79 Å². The number of nitrogens with zero attached hydrogens (tertiary/aromatic N) is 7. The molecule has 6 rings (SSSR count). The maximum Gasteiger partial charge on any atom is 0.229 e. The summed E-state index contributed by atoms with van der Waals surface area (Å²) in [6.07, 6.45) is 10.3. The monoisotopic (exact) mass is 507 g/mol. The molecule has 12 heteroatoms. The molecule has 10 nitrogen and oxygen atoms in total. The van der Waals surface area contributed by atoms with E-state index in [0.29, 0.717) is 39.3 Å². The van der Waals surface area contributed by atoms with Crippen molar-refractivity contribution in [3.8, 4) is 11.3 Å². The van der Waals surface area contributed by atoms with Crippen molar-refractivity contribution in [3.05, 3.63) is 53.6 Å². The number of anilines is 2. The number of hydrogen-bond acceptors (Lipinski definition) is 6. The Labute approximate surface area is 210 Å². The molecule has 2 N–H and O–H groups in total. The van der Waals surface area contributed by atoms with Crippen LogP contribution < -0.4 is 10.2 Å². The summed E-state index contributed by atoms with van der Waals surface area (Å²) in [5, 5.41) is 14.7. The highest BCUT2D eigenvalue weighted by Crippen LogP contribution is 2.54. The molecule has 4 heterocycles. The Kier molecular flexibility index (Phi) is 5.01. The molecule has 1 fully saturated rings. The van der Waals surface area contributed by atoms with E-state index >= 15 is 4.39 Å². The normalized spacial score (nSPS) is 19.2. The van der Waals surface area contributed by atoms with Crippen LogP contribution in [0.3, 0.4) is 0 Å². The minimum Gasteiger partial charge on any atom is -0.373 e. The first-order valence-corrected chi connectivity index (χ1v) is 11.8. The van der Waals surface area contributed by atoms with Gasteiger partial charge in [-0.25, -0.2) is 9.37 Å². The van der Waals surface area contributed by atoms with Crippen LogP contribution in [0.15, 0.2) is 37.2 Å². The predicted molar refractivity (Wildman–Crippen MR) is 135 cm³/mol. The lowest BCUT2D eigenvalue weighted by molar-refractivity contribution is -0.117. The number of carbonyl (C=O) groups is 1. The zero-order valence-electron chi connectivity index (χ0n) is 20.0. The number of imidazole rings is 1. The lowest BCUT2D eigenvalue weighted by Gasteiger charge is -2.17. The third kappa shape index (κ3) is 3.41. The number of benzene rings is 1. The number of aromatic amines is 1. The molecule has 1 amide bonds. The van der Waals surface area contributed by atoms with Gasteiger partial charge in [0.15, 0.2) is 17.3 Å². The molecule has 0 saturated heterocycles. The second-order valence-electron chi connectivity index (χ2n) is 9.42. The molecule has 36 heavy (non-hydrogen) atoms. The van der Waals surface area contributed by atoms with Gasteiger partial charge in [-0.2, -0.15) is 10.2 Å². The summed E-state index contributed by atoms with van der Waals surface area (Å²) in [6.45, 7) is 2.06. The molecule has 1 aromatic carbocycles. The van der Waals surface area contributed by atoms with Gasteiger partial charge in [-0.3, -0.25) is 19.6 Å². The summed E-state index contributed by atoms with van der Waals surface area (Å²) in [7, 11) is 5.34. The van der Waals surface area contributed by atoms with Gasteiger partial charge in [0.2, 0.25) is 5.91 Å². The van der Waals surface area contributed by atoms with Crippen molar-refractivity contribution in [2.75, 3.05) is 24.3 Å². The summed E-state index contributed by atoms with van der Waals surface area (Å²) >= 11 is 6.49. The molecule has 1 aliphatic rings. The van der Waals surface area contributed by atoms with Crippen LogP contribution >= 0.6 is 11.6 Å². The number of hydrogen-bond donors (Lipinski definition) is 2. The molecule has 3 atom stereocenters. The number of H-pyrrole nitrogens is 1. The zero-order valence-corrected chi connectivity index (χ0v) is 20.7. The topological polar surface area (TPSA) is 109 Å². The Bertz CT molecular complexity index is 1650. The molecule has 4 aromatic heterocycles. The van der Waals surface area contributed by atoms with Gasteiger partial charge in [-0.15, -0.1) is 0 Å². The van der Waals surface area contributed by atoms with Crippen molar-refractivity contribution in [3.63, 3.8) is 0 Å². The van der Waals surface area contributed by atoms with Crippen molar-refractivity contribution in [2.24, 2.45) is 18.9 Å². The van der Waals surface area contributed by atoms with E-state index in [0.717, 1.165) is 5.56 Å². The van der Waals surface area contributed by atoms with E-state index in [4.69, 9.17) is 11.6 Å². The number of aromatic nitrogens is 7. The number of nitrogens with one attached hydrogen (secondary N) is 2. The fraction of sp³-hybridized carbons (Fsp3) is 0.292. The first-order valence-electron chi connectivity index (χ1n) is 11.4. The molecular formula is C24H23ClFN9O. The lowest BCUT2D eigenvalue weighted by Crippen LogP contribution is -2.15. The summed E-state index contributed by atoms with van der Waals surface area (Å²) in [5.74, 6) is -0.00797. The Hall–Kier alpha value is -3.99. The second kappa shape index (κ2) is 8.02. The fourth-order valence-electron chi connectivity index (χ4n) is 5.05. The molecule has 5 aromatic rings. The first-order chi connectivity index (χ1) is 17.2. The minimum absolute atomic E-state index is 0.0442. The van der Waals surface area contributed by atoms with Crippen molar-refractivity contribution in [1.29, 1.82) is 0 Å². The van der Waals surface area contributed by atoms with E-state index < -0.39 is 5.82 Å². The number of rotatable bonds is 5. The summed E-state index contributed by atoms with van der Waals surface area (Å²) in [4.78, 5) is 23.5. The molecule has 0 spiro atoms. The largest absolute Gasteiger partial charge is 0.373 e. The molecule has 184 valence electrons. The summed E-state index contributed by atoms with van der Waals surface area (Å²) in [5.41, 5.74) is 3.32. The van der Waals surface area contributed by atoms with Gasteiger partial charge in [0.1, 0.15) is 5.69 Å². The van der Waals surface area contributed by atoms with E-state index in [-0.39, 0.29) is 28.7 Å². The van der Waals surface area contributed by atoms with Crippen molar-refractivity contribution >= 4 is 45.6 Å². The van der Waals surface area contributed by atoms with Gasteiger partial charge in [0.25, 0.3) is 0 Å². The van der Waals surface area contributed by atoms with Crippen molar-refractivity contribution < 1.29 is 9.18 Å². The number of aryl methyl sites for hydroxylation is 1. The highest BCUT2D eigenvalue weighted by molar-refractivity contribution is 6.35. The quantitative estimate of drug-likeness (QED) is 0.374. The maximum atomic E-state index is 15.2. The number of amides is 1. The average Bonchev–Trinajstić information content (AvgIpc) is 3.24. The van der Waals surface area contributed by atoms with Crippen LogP contribution in [0.4, 0.5) is 15.9 Å². The van der Waals surface area contributed by atoms with Crippen LogP contribution in [-0.2, 0) is 11.8 Å². The van der Waals surface area contributed by atoms with E-state index in [1.54, 1.807) is 52.9 Å². The van der Waals surface area contributed by atoms with E-state index in [1.807, 2.05) is 19.4 Å². The van der Waals surface area contributed by atoms with Crippen LogP contribution in [0.5, 0.6) is 0 Å². The molecule has 0 unspecified atom stereocenters. The van der Waals surface area contributed by atoms with Crippen LogP contribution in [-0.4, -0.2) is 54.3 Å². The average molecular weight is 508 g/mol. The van der Waals surface area contributed by atoms with E-state index in [1.165, 1.54) is 0 Å². The number of carbonyl (C=O) groups excluding carboxylic acids is 1. The number of halogens is 2. The van der Waals surface area contributed by atoms with Gasteiger partial charge >= 0.3 is 0 Å². The SMILES string of the molecule is C[C@@H]1[C@H](C(=O)Nc2cn3cc(-c4c(Cl)c(F)c(N(C)C)c5[nH]ncc45)ncc3n2)[C@H]1c1cnn(C)c1. The Morgan fingerprint density at radius 1 is 1.22 bits per heavy atom.